The number of imidazole rings is 1. The fourth-order valence-electron chi connectivity index (χ4n) is 2.48. The van der Waals surface area contributed by atoms with Crippen molar-refractivity contribution in [3.05, 3.63) is 35.1 Å². The fraction of sp³-hybridized carbons (Fsp3) is 0.308. The number of halogens is 1. The minimum Gasteiger partial charge on any atom is -0.507 e. The molecule has 0 fully saturated rings. The van der Waals surface area contributed by atoms with Crippen LogP contribution in [-0.2, 0) is 6.42 Å². The van der Waals surface area contributed by atoms with E-state index in [1.165, 1.54) is 0 Å². The average Bonchev–Trinajstić information content (AvgIpc) is 2.69. The van der Waals surface area contributed by atoms with Gasteiger partial charge in [-0.25, -0.2) is 4.98 Å². The Balaban J connectivity index is 2.22. The van der Waals surface area contributed by atoms with E-state index in [1.54, 1.807) is 12.1 Å². The van der Waals surface area contributed by atoms with Crippen molar-refractivity contribution in [3.63, 3.8) is 0 Å². The van der Waals surface area contributed by atoms with E-state index in [0.29, 0.717) is 16.5 Å². The Labute approximate surface area is 110 Å². The Morgan fingerprint density at radius 2 is 2.17 bits per heavy atom. The van der Waals surface area contributed by atoms with Crippen molar-refractivity contribution in [2.45, 2.75) is 25.4 Å². The molecule has 1 atom stereocenters. The van der Waals surface area contributed by atoms with E-state index in [-0.39, 0.29) is 11.9 Å². The van der Waals surface area contributed by atoms with Crippen molar-refractivity contribution in [2.24, 2.45) is 5.73 Å². The molecule has 18 heavy (non-hydrogen) atoms. The van der Waals surface area contributed by atoms with E-state index >= 15 is 0 Å². The highest BCUT2D eigenvalue weighted by molar-refractivity contribution is 6.30. The fourth-order valence-corrected chi connectivity index (χ4v) is 2.75. The maximum Gasteiger partial charge on any atom is 0.151 e. The summed E-state index contributed by atoms with van der Waals surface area (Å²) in [6, 6.07) is 7.10. The molecule has 5 heteroatoms. The molecule has 0 amide bonds. The second kappa shape index (κ2) is 4.30. The van der Waals surface area contributed by atoms with Crippen LogP contribution in [0.15, 0.2) is 24.3 Å². The number of phenols is 1. The average molecular weight is 264 g/mol. The Morgan fingerprint density at radius 3 is 2.94 bits per heavy atom. The van der Waals surface area contributed by atoms with Gasteiger partial charge in [0.15, 0.2) is 5.15 Å². The van der Waals surface area contributed by atoms with Gasteiger partial charge in [-0.2, -0.15) is 0 Å². The van der Waals surface area contributed by atoms with Crippen molar-refractivity contribution < 1.29 is 5.11 Å². The van der Waals surface area contributed by atoms with Gasteiger partial charge in [0.05, 0.1) is 17.4 Å². The maximum absolute atomic E-state index is 9.92. The first-order valence-corrected chi connectivity index (χ1v) is 6.37. The van der Waals surface area contributed by atoms with Crippen molar-refractivity contribution >= 4 is 11.6 Å². The number of benzene rings is 1. The summed E-state index contributed by atoms with van der Waals surface area (Å²) < 4.78 is 1.95. The molecule has 1 aromatic carbocycles. The lowest BCUT2D eigenvalue weighted by atomic mass is 10.1. The summed E-state index contributed by atoms with van der Waals surface area (Å²) in [5.41, 5.74) is 7.77. The molecule has 0 saturated carbocycles. The molecule has 3 rings (SSSR count). The number of fused-ring (bicyclic) bond motifs is 1. The second-order valence-corrected chi connectivity index (χ2v) is 4.88. The monoisotopic (exact) mass is 263 g/mol. The van der Waals surface area contributed by atoms with Gasteiger partial charge in [0.25, 0.3) is 0 Å². The summed E-state index contributed by atoms with van der Waals surface area (Å²) in [4.78, 5) is 4.36. The van der Waals surface area contributed by atoms with Crippen LogP contribution >= 0.6 is 11.6 Å². The molecule has 0 aliphatic carbocycles. The minimum absolute atomic E-state index is 0.122. The lowest BCUT2D eigenvalue weighted by Gasteiger charge is -2.24. The first-order chi connectivity index (χ1) is 8.68. The molecule has 0 bridgehead atoms. The lowest BCUT2D eigenvalue weighted by molar-refractivity contribution is 0.416. The molecule has 0 spiro atoms. The smallest absolute Gasteiger partial charge is 0.151 e. The number of nitrogens with two attached hydrogens (primary N) is 1. The van der Waals surface area contributed by atoms with Gasteiger partial charge in [0.2, 0.25) is 0 Å². The van der Waals surface area contributed by atoms with E-state index in [2.05, 4.69) is 4.98 Å². The van der Waals surface area contributed by atoms with Gasteiger partial charge in [-0.15, -0.1) is 0 Å². The van der Waals surface area contributed by atoms with Crippen molar-refractivity contribution in [1.29, 1.82) is 0 Å². The summed E-state index contributed by atoms with van der Waals surface area (Å²) in [7, 11) is 0. The van der Waals surface area contributed by atoms with Gasteiger partial charge < -0.3 is 15.4 Å². The van der Waals surface area contributed by atoms with Gasteiger partial charge >= 0.3 is 0 Å². The van der Waals surface area contributed by atoms with Gasteiger partial charge in [-0.3, -0.25) is 0 Å². The molecule has 1 aliphatic heterocycles. The van der Waals surface area contributed by atoms with Crippen LogP contribution in [0.1, 0.15) is 24.7 Å². The summed E-state index contributed by atoms with van der Waals surface area (Å²) in [6.07, 6.45) is 2.68. The predicted octanol–water partition coefficient (Wildman–Crippen LogP) is 2.70. The summed E-state index contributed by atoms with van der Waals surface area (Å²) in [6.45, 7) is 0. The third kappa shape index (κ3) is 1.69. The zero-order chi connectivity index (χ0) is 12.7. The first kappa shape index (κ1) is 11.6. The first-order valence-electron chi connectivity index (χ1n) is 5.99. The van der Waals surface area contributed by atoms with Gasteiger partial charge in [0, 0.05) is 0 Å². The molecular formula is C13H14ClN3O. The second-order valence-electron chi connectivity index (χ2n) is 4.52. The van der Waals surface area contributed by atoms with Crippen LogP contribution in [-0.4, -0.2) is 14.7 Å². The number of para-hydroxylation sites is 1. The van der Waals surface area contributed by atoms with Gasteiger partial charge in [-0.05, 0) is 31.4 Å². The van der Waals surface area contributed by atoms with Crippen LogP contribution in [0.5, 0.6) is 5.75 Å². The van der Waals surface area contributed by atoms with E-state index in [9.17, 15) is 5.11 Å². The number of aromatic nitrogens is 2. The molecule has 2 heterocycles. The number of nitrogens with zero attached hydrogens (tertiary/aromatic N) is 2. The van der Waals surface area contributed by atoms with Crippen LogP contribution in [0.3, 0.4) is 0 Å². The predicted molar refractivity (Wildman–Crippen MR) is 70.5 cm³/mol. The topological polar surface area (TPSA) is 64.1 Å². The van der Waals surface area contributed by atoms with Crippen molar-refractivity contribution in [2.75, 3.05) is 0 Å². The molecule has 94 valence electrons. The molecule has 0 saturated heterocycles. The highest BCUT2D eigenvalue weighted by atomic mass is 35.5. The Morgan fingerprint density at radius 1 is 1.39 bits per heavy atom. The van der Waals surface area contributed by atoms with Crippen molar-refractivity contribution in [1.82, 2.24) is 9.55 Å². The molecule has 2 aromatic rings. The van der Waals surface area contributed by atoms with E-state index in [4.69, 9.17) is 17.3 Å². The zero-order valence-electron chi connectivity index (χ0n) is 9.81. The van der Waals surface area contributed by atoms with Crippen LogP contribution in [0.4, 0.5) is 0 Å². The number of phenolic OH excluding ortho intramolecular Hbond substituents is 1. The molecular weight excluding hydrogens is 250 g/mol. The standard InChI is InChI=1S/C13H14ClN3O/c14-12-9-5-3-7-11(15)17(9)13(16-12)8-4-1-2-6-10(8)18/h1-2,4,6,11,18H,3,5,7,15H2. The SMILES string of the molecule is NC1CCCc2c(Cl)nc(-c3ccccc3O)n21. The van der Waals surface area contributed by atoms with E-state index < -0.39 is 0 Å². The number of hydrogen-bond acceptors (Lipinski definition) is 3. The Hall–Kier alpha value is -1.52. The molecule has 0 radical (unpaired) electrons. The van der Waals surface area contributed by atoms with Gasteiger partial charge in [-0.1, -0.05) is 23.7 Å². The van der Waals surface area contributed by atoms with Crippen LogP contribution in [0, 0.1) is 0 Å². The highest BCUT2D eigenvalue weighted by Crippen LogP contribution is 2.36. The molecule has 3 N–H and O–H groups in total. The summed E-state index contributed by atoms with van der Waals surface area (Å²) in [5.74, 6) is 0.847. The van der Waals surface area contributed by atoms with E-state index in [1.807, 2.05) is 16.7 Å². The quantitative estimate of drug-likeness (QED) is 0.831. The summed E-state index contributed by atoms with van der Waals surface area (Å²) in [5, 5.41) is 10.4. The van der Waals surface area contributed by atoms with Gasteiger partial charge in [0.1, 0.15) is 11.6 Å². The maximum atomic E-state index is 9.92. The lowest BCUT2D eigenvalue weighted by Crippen LogP contribution is -2.25. The highest BCUT2D eigenvalue weighted by Gasteiger charge is 2.25. The molecule has 1 aromatic heterocycles. The number of hydrogen-bond donors (Lipinski definition) is 2. The third-order valence-electron chi connectivity index (χ3n) is 3.35. The van der Waals surface area contributed by atoms with Crippen LogP contribution < -0.4 is 5.73 Å². The Bertz CT molecular complexity index is 594. The van der Waals surface area contributed by atoms with Crippen LogP contribution in [0.2, 0.25) is 5.15 Å². The zero-order valence-corrected chi connectivity index (χ0v) is 10.6. The minimum atomic E-state index is -0.122. The molecule has 1 aliphatic rings. The molecule has 4 nitrogen and oxygen atoms in total. The van der Waals surface area contributed by atoms with Crippen molar-refractivity contribution in [3.8, 4) is 17.1 Å². The molecule has 1 unspecified atom stereocenters. The third-order valence-corrected chi connectivity index (χ3v) is 3.65. The Kier molecular flexibility index (Phi) is 2.76. The largest absolute Gasteiger partial charge is 0.507 e. The number of rotatable bonds is 1. The normalized spacial score (nSPS) is 18.7. The van der Waals surface area contributed by atoms with E-state index in [0.717, 1.165) is 25.0 Å². The van der Waals surface area contributed by atoms with Crippen LogP contribution in [0.25, 0.3) is 11.4 Å². The number of aromatic hydroxyl groups is 1. The summed E-state index contributed by atoms with van der Waals surface area (Å²) >= 11 is 6.16.